The number of alkyl halides is 3. The Bertz CT molecular complexity index is 856. The number of carbonyl (C=O) groups is 2. The molecule has 1 aliphatic rings. The molecule has 0 saturated heterocycles. The number of nitrogens with zero attached hydrogens (tertiary/aromatic N) is 1. The average molecular weight is 383 g/mol. The van der Waals surface area contributed by atoms with Gasteiger partial charge in [0, 0.05) is 22.7 Å². The monoisotopic (exact) mass is 383 g/mol. The summed E-state index contributed by atoms with van der Waals surface area (Å²) in [4.78, 5) is 25.5. The van der Waals surface area contributed by atoms with Crippen LogP contribution in [-0.2, 0) is 22.3 Å². The number of ether oxygens (including phenoxy) is 1. The fourth-order valence-corrected chi connectivity index (χ4v) is 3.83. The number of esters is 1. The molecular weight excluding hydrogens is 367 g/mol. The Morgan fingerprint density at radius 3 is 2.42 bits per heavy atom. The van der Waals surface area contributed by atoms with Gasteiger partial charge in [-0.3, -0.25) is 9.59 Å². The molecule has 8 heteroatoms. The number of carbonyl (C=O) groups excluding carboxylic acids is 2. The van der Waals surface area contributed by atoms with Crippen LogP contribution < -0.4 is 0 Å². The highest BCUT2D eigenvalue weighted by atomic mass is 32.2. The minimum atomic E-state index is -4.45. The summed E-state index contributed by atoms with van der Waals surface area (Å²) in [6.07, 6.45) is -2.11. The lowest BCUT2D eigenvalue weighted by molar-refractivity contribution is -0.142. The molecule has 1 atom stereocenters. The van der Waals surface area contributed by atoms with Crippen LogP contribution in [0.15, 0.2) is 35.2 Å². The van der Waals surface area contributed by atoms with Crippen LogP contribution in [-0.4, -0.2) is 29.7 Å². The molecule has 4 nitrogen and oxygen atoms in total. The number of fused-ring (bicyclic) bond motifs is 1. The van der Waals surface area contributed by atoms with Gasteiger partial charge in [0.2, 0.25) is 5.78 Å². The Morgan fingerprint density at radius 2 is 1.88 bits per heavy atom. The molecule has 2 heterocycles. The Labute approximate surface area is 152 Å². The van der Waals surface area contributed by atoms with Crippen molar-refractivity contribution in [1.82, 2.24) is 4.57 Å². The van der Waals surface area contributed by atoms with E-state index in [1.54, 1.807) is 10.6 Å². The quantitative estimate of drug-likeness (QED) is 0.453. The molecule has 0 spiro atoms. The largest absolute Gasteiger partial charge is 0.469 e. The van der Waals surface area contributed by atoms with Crippen LogP contribution in [0.2, 0.25) is 0 Å². The number of thioether (sulfide) groups is 1. The predicted molar refractivity (Wildman–Crippen MR) is 90.5 cm³/mol. The summed E-state index contributed by atoms with van der Waals surface area (Å²) in [5, 5.41) is 0. The summed E-state index contributed by atoms with van der Waals surface area (Å²) in [6.45, 7) is 0.484. The molecule has 2 aromatic rings. The minimum absolute atomic E-state index is 0.177. The second kappa shape index (κ2) is 6.83. The second-order valence-corrected chi connectivity index (χ2v) is 6.75. The van der Waals surface area contributed by atoms with Gasteiger partial charge < -0.3 is 9.30 Å². The molecule has 3 rings (SSSR count). The summed E-state index contributed by atoms with van der Waals surface area (Å²) in [5.41, 5.74) is 0.483. The van der Waals surface area contributed by atoms with Gasteiger partial charge in [-0.1, -0.05) is 12.1 Å². The molecule has 1 aliphatic heterocycles. The first-order chi connectivity index (χ1) is 12.3. The zero-order valence-corrected chi connectivity index (χ0v) is 14.9. The molecule has 0 N–H and O–H groups in total. The number of benzene rings is 1. The summed E-state index contributed by atoms with van der Waals surface area (Å²) in [5.74, 6) is -1.15. The van der Waals surface area contributed by atoms with Gasteiger partial charge in [-0.2, -0.15) is 13.2 Å². The van der Waals surface area contributed by atoms with E-state index in [1.807, 2.05) is 6.26 Å². The Morgan fingerprint density at radius 1 is 1.23 bits per heavy atom. The molecule has 138 valence electrons. The van der Waals surface area contributed by atoms with Gasteiger partial charge in [0.05, 0.1) is 18.6 Å². The predicted octanol–water partition coefficient (Wildman–Crippen LogP) is 4.12. The summed E-state index contributed by atoms with van der Waals surface area (Å²) in [7, 11) is 1.32. The summed E-state index contributed by atoms with van der Waals surface area (Å²) < 4.78 is 44.7. The van der Waals surface area contributed by atoms with Crippen molar-refractivity contribution >= 4 is 23.5 Å². The van der Waals surface area contributed by atoms with Crippen LogP contribution >= 0.6 is 11.8 Å². The van der Waals surface area contributed by atoms with Crippen LogP contribution in [0.1, 0.15) is 39.6 Å². The minimum Gasteiger partial charge on any atom is -0.469 e. The molecule has 1 unspecified atom stereocenters. The fourth-order valence-electron chi connectivity index (χ4n) is 3.20. The number of rotatable bonds is 4. The zero-order chi connectivity index (χ0) is 19.1. The standard InChI is InChI=1S/C18H16F3NO3S/c1-25-17(24)12-7-8-22-13(12)9-14(26-2)15(22)16(23)10-3-5-11(6-4-10)18(19,20)21/h3-6,9,12H,7-8H2,1-2H3. The third-order valence-electron chi connectivity index (χ3n) is 4.49. The van der Waals surface area contributed by atoms with Crippen LogP contribution in [0.25, 0.3) is 0 Å². The van der Waals surface area contributed by atoms with Crippen molar-refractivity contribution < 1.29 is 27.5 Å². The number of aromatic nitrogens is 1. The maximum Gasteiger partial charge on any atom is 0.416 e. The molecule has 0 amide bonds. The van der Waals surface area contributed by atoms with Crippen molar-refractivity contribution in [3.8, 4) is 0 Å². The zero-order valence-electron chi connectivity index (χ0n) is 14.1. The highest BCUT2D eigenvalue weighted by Gasteiger charge is 2.35. The number of ketones is 1. The van der Waals surface area contributed by atoms with Gasteiger partial charge in [0.25, 0.3) is 0 Å². The van der Waals surface area contributed by atoms with E-state index in [0.717, 1.165) is 12.1 Å². The topological polar surface area (TPSA) is 48.3 Å². The molecule has 0 aliphatic carbocycles. The molecule has 1 aromatic carbocycles. The van der Waals surface area contributed by atoms with Crippen LogP contribution in [0, 0.1) is 0 Å². The smallest absolute Gasteiger partial charge is 0.416 e. The van der Waals surface area contributed by atoms with E-state index in [9.17, 15) is 22.8 Å². The number of halogens is 3. The molecular formula is C18H16F3NO3S. The average Bonchev–Trinajstić information content (AvgIpc) is 3.18. The maximum atomic E-state index is 12.9. The Hall–Kier alpha value is -2.22. The van der Waals surface area contributed by atoms with E-state index >= 15 is 0 Å². The van der Waals surface area contributed by atoms with E-state index in [1.165, 1.54) is 31.0 Å². The van der Waals surface area contributed by atoms with Crippen molar-refractivity contribution in [3.05, 3.63) is 52.8 Å². The van der Waals surface area contributed by atoms with Crippen LogP contribution in [0.3, 0.4) is 0 Å². The third kappa shape index (κ3) is 3.13. The highest BCUT2D eigenvalue weighted by Crippen LogP contribution is 2.38. The fraction of sp³-hybridized carbons (Fsp3) is 0.333. The van der Waals surface area contributed by atoms with E-state index in [0.29, 0.717) is 29.2 Å². The van der Waals surface area contributed by atoms with Crippen molar-refractivity contribution in [3.63, 3.8) is 0 Å². The molecule has 26 heavy (non-hydrogen) atoms. The Balaban J connectivity index is 1.99. The molecule has 0 saturated carbocycles. The summed E-state index contributed by atoms with van der Waals surface area (Å²) in [6, 6.07) is 5.95. The van der Waals surface area contributed by atoms with Gasteiger partial charge in [-0.05, 0) is 30.9 Å². The first-order valence-corrected chi connectivity index (χ1v) is 9.07. The van der Waals surface area contributed by atoms with Gasteiger partial charge in [0.1, 0.15) is 5.69 Å². The molecule has 0 fully saturated rings. The van der Waals surface area contributed by atoms with Crippen molar-refractivity contribution in [2.24, 2.45) is 0 Å². The maximum absolute atomic E-state index is 12.9. The lowest BCUT2D eigenvalue weighted by atomic mass is 10.0. The molecule has 0 radical (unpaired) electrons. The molecule has 0 bridgehead atoms. The van der Waals surface area contributed by atoms with E-state index < -0.39 is 17.7 Å². The van der Waals surface area contributed by atoms with Crippen LogP contribution in [0.4, 0.5) is 13.2 Å². The van der Waals surface area contributed by atoms with Crippen molar-refractivity contribution in [1.29, 1.82) is 0 Å². The van der Waals surface area contributed by atoms with Crippen molar-refractivity contribution in [2.75, 3.05) is 13.4 Å². The first-order valence-electron chi connectivity index (χ1n) is 7.85. The third-order valence-corrected chi connectivity index (χ3v) is 5.24. The number of hydrogen-bond donors (Lipinski definition) is 0. The first kappa shape index (κ1) is 18.6. The SMILES string of the molecule is COC(=O)C1CCn2c1cc(SC)c2C(=O)c1ccc(C(F)(F)F)cc1. The Kier molecular flexibility index (Phi) is 4.88. The van der Waals surface area contributed by atoms with E-state index in [4.69, 9.17) is 4.74 Å². The van der Waals surface area contributed by atoms with Gasteiger partial charge >= 0.3 is 12.1 Å². The van der Waals surface area contributed by atoms with Gasteiger partial charge in [-0.25, -0.2) is 0 Å². The number of methoxy groups -OCH3 is 1. The lowest BCUT2D eigenvalue weighted by Crippen LogP contribution is -2.12. The van der Waals surface area contributed by atoms with E-state index in [2.05, 4.69) is 0 Å². The van der Waals surface area contributed by atoms with E-state index in [-0.39, 0.29) is 17.3 Å². The van der Waals surface area contributed by atoms with Crippen LogP contribution in [0.5, 0.6) is 0 Å². The summed E-state index contributed by atoms with van der Waals surface area (Å²) >= 11 is 1.36. The van der Waals surface area contributed by atoms with Crippen molar-refractivity contribution in [2.45, 2.75) is 30.0 Å². The van der Waals surface area contributed by atoms with Gasteiger partial charge in [0.15, 0.2) is 0 Å². The molecule has 1 aromatic heterocycles. The normalized spacial score (nSPS) is 16.4. The number of hydrogen-bond acceptors (Lipinski definition) is 4. The van der Waals surface area contributed by atoms with Gasteiger partial charge in [-0.15, -0.1) is 11.8 Å². The highest BCUT2D eigenvalue weighted by molar-refractivity contribution is 7.98. The lowest BCUT2D eigenvalue weighted by Gasteiger charge is -2.10. The second-order valence-electron chi connectivity index (χ2n) is 5.91.